The first-order valence-corrected chi connectivity index (χ1v) is 7.29. The fourth-order valence-electron chi connectivity index (χ4n) is 3.03. The highest BCUT2D eigenvalue weighted by Gasteiger charge is 2.35. The molecule has 1 aliphatic heterocycles. The maximum atomic E-state index is 10.7. The van der Waals surface area contributed by atoms with Crippen LogP contribution in [0.1, 0.15) is 46.0 Å². The summed E-state index contributed by atoms with van der Waals surface area (Å²) in [6, 6.07) is 1.94. The van der Waals surface area contributed by atoms with Gasteiger partial charge in [-0.1, -0.05) is 0 Å². The van der Waals surface area contributed by atoms with E-state index >= 15 is 0 Å². The van der Waals surface area contributed by atoms with Crippen LogP contribution in [0.4, 0.5) is 0 Å². The lowest BCUT2D eigenvalue weighted by Gasteiger charge is -2.40. The fraction of sp³-hybridized carbons (Fsp3) is 0.929. The molecule has 2 fully saturated rings. The molecule has 2 aliphatic rings. The molecular formula is C14H26N2O2. The van der Waals surface area contributed by atoms with Gasteiger partial charge in [-0.2, -0.15) is 0 Å². The molecule has 0 aromatic carbocycles. The summed E-state index contributed by atoms with van der Waals surface area (Å²) < 4.78 is 0. The second-order valence-corrected chi connectivity index (χ2v) is 5.97. The number of rotatable bonds is 6. The lowest BCUT2D eigenvalue weighted by molar-refractivity contribution is -0.137. The molecular weight excluding hydrogens is 228 g/mol. The van der Waals surface area contributed by atoms with Crippen LogP contribution in [-0.4, -0.2) is 58.6 Å². The summed E-state index contributed by atoms with van der Waals surface area (Å²) in [7, 11) is 0. The molecule has 0 aromatic rings. The number of nitrogens with zero attached hydrogens (tertiary/aromatic N) is 2. The van der Waals surface area contributed by atoms with Crippen LogP contribution >= 0.6 is 0 Å². The highest BCUT2D eigenvalue weighted by Crippen LogP contribution is 2.32. The third-order valence-corrected chi connectivity index (χ3v) is 4.30. The molecule has 18 heavy (non-hydrogen) atoms. The molecule has 1 heterocycles. The molecule has 0 radical (unpaired) electrons. The Balaban J connectivity index is 1.82. The minimum Gasteiger partial charge on any atom is -0.481 e. The summed E-state index contributed by atoms with van der Waals surface area (Å²) >= 11 is 0. The third-order valence-electron chi connectivity index (χ3n) is 4.30. The van der Waals surface area contributed by atoms with Crippen LogP contribution in [0.25, 0.3) is 0 Å². The first-order valence-electron chi connectivity index (χ1n) is 7.29. The summed E-state index contributed by atoms with van der Waals surface area (Å²) in [5.74, 6) is -0.666. The van der Waals surface area contributed by atoms with Gasteiger partial charge in [-0.15, -0.1) is 0 Å². The van der Waals surface area contributed by atoms with Crippen molar-refractivity contribution in [2.24, 2.45) is 0 Å². The van der Waals surface area contributed by atoms with Gasteiger partial charge in [0.1, 0.15) is 0 Å². The van der Waals surface area contributed by atoms with Gasteiger partial charge >= 0.3 is 5.97 Å². The van der Waals surface area contributed by atoms with E-state index in [1.807, 2.05) is 0 Å². The third kappa shape index (κ3) is 3.69. The molecule has 4 heteroatoms. The van der Waals surface area contributed by atoms with Crippen molar-refractivity contribution < 1.29 is 9.90 Å². The number of aliphatic carboxylic acids is 1. The average Bonchev–Trinajstić information content (AvgIpc) is 3.14. The predicted molar refractivity (Wildman–Crippen MR) is 71.7 cm³/mol. The van der Waals surface area contributed by atoms with Crippen LogP contribution in [0.15, 0.2) is 0 Å². The van der Waals surface area contributed by atoms with Crippen molar-refractivity contribution in [3.8, 4) is 0 Å². The van der Waals surface area contributed by atoms with Crippen LogP contribution in [0.2, 0.25) is 0 Å². The van der Waals surface area contributed by atoms with Gasteiger partial charge in [-0.25, -0.2) is 0 Å². The van der Waals surface area contributed by atoms with Crippen LogP contribution in [-0.2, 0) is 4.79 Å². The highest BCUT2D eigenvalue weighted by atomic mass is 16.4. The summed E-state index contributed by atoms with van der Waals surface area (Å²) in [4.78, 5) is 15.7. The Morgan fingerprint density at radius 2 is 1.78 bits per heavy atom. The zero-order chi connectivity index (χ0) is 13.1. The van der Waals surface area contributed by atoms with E-state index in [-0.39, 0.29) is 0 Å². The van der Waals surface area contributed by atoms with Crippen molar-refractivity contribution in [3.63, 3.8) is 0 Å². The average molecular weight is 254 g/mol. The number of hydrogen-bond donors (Lipinski definition) is 1. The minimum absolute atomic E-state index is 0.293. The monoisotopic (exact) mass is 254 g/mol. The van der Waals surface area contributed by atoms with E-state index in [0.29, 0.717) is 24.5 Å². The second-order valence-electron chi connectivity index (χ2n) is 5.97. The number of carboxylic acids is 1. The molecule has 2 rings (SSSR count). The van der Waals surface area contributed by atoms with Crippen LogP contribution in [0.3, 0.4) is 0 Å². The largest absolute Gasteiger partial charge is 0.481 e. The Hall–Kier alpha value is -0.610. The molecule has 1 N–H and O–H groups in total. The molecule has 1 saturated heterocycles. The van der Waals surface area contributed by atoms with Gasteiger partial charge in [-0.3, -0.25) is 9.69 Å². The topological polar surface area (TPSA) is 43.8 Å². The van der Waals surface area contributed by atoms with Gasteiger partial charge in [0.05, 0.1) is 6.42 Å². The highest BCUT2D eigenvalue weighted by molar-refractivity contribution is 5.66. The van der Waals surface area contributed by atoms with Crippen LogP contribution in [0, 0.1) is 0 Å². The smallest absolute Gasteiger partial charge is 0.304 e. The molecule has 0 atom stereocenters. The quantitative estimate of drug-likeness (QED) is 0.785. The van der Waals surface area contributed by atoms with Crippen LogP contribution < -0.4 is 0 Å². The number of likely N-dealkylation sites (tertiary alicyclic amines) is 1. The molecule has 104 valence electrons. The summed E-state index contributed by atoms with van der Waals surface area (Å²) in [6.07, 6.45) is 5.23. The van der Waals surface area contributed by atoms with Gasteiger partial charge in [0, 0.05) is 24.7 Å². The van der Waals surface area contributed by atoms with Gasteiger partial charge < -0.3 is 10.0 Å². The first kappa shape index (κ1) is 13.8. The van der Waals surface area contributed by atoms with E-state index in [1.165, 1.54) is 38.8 Å². The Labute approximate surface area is 110 Å². The molecule has 1 aliphatic carbocycles. The molecule has 0 spiro atoms. The van der Waals surface area contributed by atoms with Crippen molar-refractivity contribution in [2.45, 2.75) is 64.1 Å². The van der Waals surface area contributed by atoms with Crippen molar-refractivity contribution in [1.82, 2.24) is 9.80 Å². The summed E-state index contributed by atoms with van der Waals surface area (Å²) in [6.45, 7) is 7.58. The van der Waals surface area contributed by atoms with E-state index in [2.05, 4.69) is 23.6 Å². The maximum Gasteiger partial charge on any atom is 0.304 e. The molecule has 0 bridgehead atoms. The van der Waals surface area contributed by atoms with E-state index in [9.17, 15) is 4.79 Å². The number of carbonyl (C=O) groups is 1. The zero-order valence-corrected chi connectivity index (χ0v) is 11.6. The van der Waals surface area contributed by atoms with E-state index in [1.54, 1.807) is 0 Å². The Morgan fingerprint density at radius 1 is 1.22 bits per heavy atom. The number of piperidine rings is 1. The molecule has 0 aromatic heterocycles. The van der Waals surface area contributed by atoms with Gasteiger partial charge in [-0.05, 0) is 52.6 Å². The molecule has 0 unspecified atom stereocenters. The van der Waals surface area contributed by atoms with Gasteiger partial charge in [0.15, 0.2) is 0 Å². The summed E-state index contributed by atoms with van der Waals surface area (Å²) in [5.41, 5.74) is 0. The normalized spacial score (nSPS) is 22.9. The Morgan fingerprint density at radius 3 is 2.22 bits per heavy atom. The minimum atomic E-state index is -0.666. The number of carboxylic acid groups (broad SMARTS) is 1. The number of hydrogen-bond acceptors (Lipinski definition) is 3. The van der Waals surface area contributed by atoms with Crippen molar-refractivity contribution in [1.29, 1.82) is 0 Å². The molecule has 0 amide bonds. The van der Waals surface area contributed by atoms with Crippen molar-refractivity contribution >= 4 is 5.97 Å². The van der Waals surface area contributed by atoms with Crippen molar-refractivity contribution in [3.05, 3.63) is 0 Å². The van der Waals surface area contributed by atoms with Crippen LogP contribution in [0.5, 0.6) is 0 Å². The molecule has 1 saturated carbocycles. The zero-order valence-electron chi connectivity index (χ0n) is 11.6. The molecule has 4 nitrogen and oxygen atoms in total. The second kappa shape index (κ2) is 6.02. The predicted octanol–water partition coefficient (Wildman–Crippen LogP) is 1.80. The van der Waals surface area contributed by atoms with Gasteiger partial charge in [0.2, 0.25) is 0 Å². The van der Waals surface area contributed by atoms with Gasteiger partial charge in [0.25, 0.3) is 0 Å². The van der Waals surface area contributed by atoms with E-state index < -0.39 is 5.97 Å². The first-order chi connectivity index (χ1) is 8.58. The van der Waals surface area contributed by atoms with E-state index in [0.717, 1.165) is 6.54 Å². The maximum absolute atomic E-state index is 10.7. The lowest BCUT2D eigenvalue weighted by Crippen LogP contribution is -2.48. The Kier molecular flexibility index (Phi) is 4.62. The fourth-order valence-corrected chi connectivity index (χ4v) is 3.03. The summed E-state index contributed by atoms with van der Waals surface area (Å²) in [5, 5.41) is 8.84. The standard InChI is InChI=1S/C14H26N2O2/c1-11(2)15-8-5-13(6-9-15)16(12-3-4-12)10-7-14(17)18/h11-13H,3-10H2,1-2H3,(H,17,18). The SMILES string of the molecule is CC(C)N1CCC(N(CCC(=O)O)C2CC2)CC1. The Bertz CT molecular complexity index is 282. The van der Waals surface area contributed by atoms with Crippen molar-refractivity contribution in [2.75, 3.05) is 19.6 Å². The van der Waals surface area contributed by atoms with E-state index in [4.69, 9.17) is 5.11 Å². The lowest BCUT2D eigenvalue weighted by atomic mass is 10.0.